The molecule has 1 N–H and O–H groups in total. The molecule has 1 aromatic carbocycles. The molecule has 0 spiro atoms. The summed E-state index contributed by atoms with van der Waals surface area (Å²) in [4.78, 5) is 3.93. The van der Waals surface area contributed by atoms with Crippen LogP contribution in [0.3, 0.4) is 0 Å². The monoisotopic (exact) mass is 412 g/mol. The predicted molar refractivity (Wildman–Crippen MR) is 100 cm³/mol. The first-order valence-electron chi connectivity index (χ1n) is 9.00. The van der Waals surface area contributed by atoms with Crippen LogP contribution >= 0.6 is 0 Å². The van der Waals surface area contributed by atoms with Crippen LogP contribution in [0.1, 0.15) is 13.3 Å². The van der Waals surface area contributed by atoms with Crippen LogP contribution in [-0.4, -0.2) is 45.0 Å². The van der Waals surface area contributed by atoms with Gasteiger partial charge in [0.2, 0.25) is 10.0 Å². The van der Waals surface area contributed by atoms with E-state index < -0.39 is 27.7 Å². The van der Waals surface area contributed by atoms with E-state index in [1.54, 1.807) is 13.0 Å². The van der Waals surface area contributed by atoms with E-state index in [0.29, 0.717) is 24.3 Å². The second-order valence-electron chi connectivity index (χ2n) is 6.57. The van der Waals surface area contributed by atoms with Gasteiger partial charge in [0.05, 0.1) is 36.9 Å². The summed E-state index contributed by atoms with van der Waals surface area (Å²) in [5, 5.41) is 0. The zero-order valence-corrected chi connectivity index (χ0v) is 16.2. The molecule has 0 saturated carbocycles. The fourth-order valence-electron chi connectivity index (χ4n) is 2.95. The molecule has 0 aliphatic carbocycles. The normalized spacial score (nSPS) is 20.1. The molecule has 152 valence electrons. The first kappa shape index (κ1) is 20.6. The van der Waals surface area contributed by atoms with Gasteiger partial charge in [0.25, 0.3) is 0 Å². The van der Waals surface area contributed by atoms with Gasteiger partial charge in [-0.3, -0.25) is 4.98 Å². The minimum atomic E-state index is -3.38. The van der Waals surface area contributed by atoms with Crippen LogP contribution in [0.25, 0.3) is 11.3 Å². The van der Waals surface area contributed by atoms with E-state index >= 15 is 0 Å². The van der Waals surface area contributed by atoms with E-state index in [9.17, 15) is 17.2 Å². The molecule has 1 aliphatic rings. The molecule has 1 aliphatic heterocycles. The average molecular weight is 412 g/mol. The van der Waals surface area contributed by atoms with Gasteiger partial charge >= 0.3 is 0 Å². The van der Waals surface area contributed by atoms with Gasteiger partial charge in [-0.15, -0.1) is 0 Å². The number of benzene rings is 1. The van der Waals surface area contributed by atoms with Crippen molar-refractivity contribution in [3.05, 3.63) is 48.2 Å². The predicted octanol–water partition coefficient (Wildman–Crippen LogP) is 2.75. The second-order valence-corrected chi connectivity index (χ2v) is 8.61. The Hall–Kier alpha value is -2.10. The van der Waals surface area contributed by atoms with Crippen LogP contribution < -0.4 is 9.46 Å². The number of nitrogens with zero attached hydrogens (tertiary/aromatic N) is 1. The van der Waals surface area contributed by atoms with Gasteiger partial charge in [0.1, 0.15) is 5.82 Å². The number of hydrogen-bond donors (Lipinski definition) is 1. The van der Waals surface area contributed by atoms with Gasteiger partial charge < -0.3 is 9.47 Å². The molecule has 6 nitrogen and oxygen atoms in total. The SMILES string of the molecule is CCS(=O)(=O)N[C@H]1COCC[C@@H]1COc1ccc(-c2ccc(F)cn2)cc1F. The lowest BCUT2D eigenvalue weighted by Crippen LogP contribution is -2.48. The maximum Gasteiger partial charge on any atom is 0.211 e. The van der Waals surface area contributed by atoms with E-state index in [1.165, 1.54) is 24.3 Å². The third-order valence-corrected chi connectivity index (χ3v) is 6.04. The number of ether oxygens (including phenoxy) is 2. The minimum absolute atomic E-state index is 0.0232. The maximum atomic E-state index is 14.4. The molecule has 1 saturated heterocycles. The van der Waals surface area contributed by atoms with Crippen molar-refractivity contribution in [3.63, 3.8) is 0 Å². The largest absolute Gasteiger partial charge is 0.490 e. The van der Waals surface area contributed by atoms with Crippen molar-refractivity contribution >= 4 is 10.0 Å². The molecule has 2 aromatic rings. The third kappa shape index (κ3) is 5.24. The van der Waals surface area contributed by atoms with Crippen molar-refractivity contribution in [1.29, 1.82) is 0 Å². The zero-order valence-electron chi connectivity index (χ0n) is 15.4. The van der Waals surface area contributed by atoms with Gasteiger partial charge in [-0.2, -0.15) is 0 Å². The van der Waals surface area contributed by atoms with Crippen LogP contribution in [0.15, 0.2) is 36.5 Å². The van der Waals surface area contributed by atoms with E-state index in [2.05, 4.69) is 9.71 Å². The number of hydrogen-bond acceptors (Lipinski definition) is 5. The Morgan fingerprint density at radius 1 is 1.29 bits per heavy atom. The lowest BCUT2D eigenvalue weighted by Gasteiger charge is -2.31. The third-order valence-electron chi connectivity index (χ3n) is 4.62. The van der Waals surface area contributed by atoms with E-state index in [1.807, 2.05) is 0 Å². The maximum absolute atomic E-state index is 14.4. The Morgan fingerprint density at radius 3 is 2.79 bits per heavy atom. The van der Waals surface area contributed by atoms with Crippen LogP contribution in [0.2, 0.25) is 0 Å². The topological polar surface area (TPSA) is 77.5 Å². The fraction of sp³-hybridized carbons (Fsp3) is 0.421. The molecule has 1 fully saturated rings. The molecule has 3 rings (SSSR count). The summed E-state index contributed by atoms with van der Waals surface area (Å²) in [7, 11) is -3.38. The molecular weight excluding hydrogens is 390 g/mol. The molecule has 0 amide bonds. The molecule has 28 heavy (non-hydrogen) atoms. The van der Waals surface area contributed by atoms with Crippen molar-refractivity contribution in [2.45, 2.75) is 19.4 Å². The van der Waals surface area contributed by atoms with Crippen molar-refractivity contribution < 1.29 is 26.7 Å². The molecular formula is C19H22F2N2O4S. The average Bonchev–Trinajstić information content (AvgIpc) is 2.68. The summed E-state index contributed by atoms with van der Waals surface area (Å²) < 4.78 is 64.7. The van der Waals surface area contributed by atoms with Gasteiger partial charge in [-0.05, 0) is 43.7 Å². The van der Waals surface area contributed by atoms with Crippen molar-refractivity contribution in [2.75, 3.05) is 25.6 Å². The quantitative estimate of drug-likeness (QED) is 0.757. The van der Waals surface area contributed by atoms with Gasteiger partial charge in [0, 0.05) is 18.1 Å². The highest BCUT2D eigenvalue weighted by molar-refractivity contribution is 7.89. The molecule has 9 heteroatoms. The van der Waals surface area contributed by atoms with E-state index in [0.717, 1.165) is 6.20 Å². The summed E-state index contributed by atoms with van der Waals surface area (Å²) >= 11 is 0. The molecule has 0 unspecified atom stereocenters. The Bertz CT molecular complexity index is 907. The summed E-state index contributed by atoms with van der Waals surface area (Å²) in [6.07, 6.45) is 1.68. The van der Waals surface area contributed by atoms with Crippen molar-refractivity contribution in [2.24, 2.45) is 5.92 Å². The molecule has 0 radical (unpaired) electrons. The standard InChI is InChI=1S/C19H22F2N2O4S/c1-2-28(24,25)23-18-12-26-8-7-14(18)11-27-19-6-3-13(9-16(19)21)17-5-4-15(20)10-22-17/h3-6,9-10,14,18,23H,2,7-8,11-12H2,1H3/t14-,18+/m1/s1. The van der Waals surface area contributed by atoms with E-state index in [-0.39, 0.29) is 30.6 Å². The Kier molecular flexibility index (Phi) is 6.58. The van der Waals surface area contributed by atoms with E-state index in [4.69, 9.17) is 9.47 Å². The zero-order chi connectivity index (χ0) is 20.1. The lowest BCUT2D eigenvalue weighted by molar-refractivity contribution is 0.0269. The summed E-state index contributed by atoms with van der Waals surface area (Å²) in [6, 6.07) is 6.71. The highest BCUT2D eigenvalue weighted by Gasteiger charge is 2.29. The number of halogens is 2. The lowest BCUT2D eigenvalue weighted by atomic mass is 9.97. The number of rotatable bonds is 7. The summed E-state index contributed by atoms with van der Waals surface area (Å²) in [5.74, 6) is -1.12. The van der Waals surface area contributed by atoms with Crippen LogP contribution in [0, 0.1) is 17.6 Å². The molecule has 0 bridgehead atoms. The van der Waals surface area contributed by atoms with Crippen LogP contribution in [0.5, 0.6) is 5.75 Å². The van der Waals surface area contributed by atoms with Crippen LogP contribution in [0.4, 0.5) is 8.78 Å². The van der Waals surface area contributed by atoms with Crippen LogP contribution in [-0.2, 0) is 14.8 Å². The number of aromatic nitrogens is 1. The van der Waals surface area contributed by atoms with Crippen molar-refractivity contribution in [1.82, 2.24) is 9.71 Å². The fourth-order valence-corrected chi connectivity index (χ4v) is 3.84. The second kappa shape index (κ2) is 8.93. The van der Waals surface area contributed by atoms with Gasteiger partial charge in [0.15, 0.2) is 11.6 Å². The van der Waals surface area contributed by atoms with Gasteiger partial charge in [-0.1, -0.05) is 0 Å². The number of sulfonamides is 1. The first-order chi connectivity index (χ1) is 13.4. The highest BCUT2D eigenvalue weighted by atomic mass is 32.2. The minimum Gasteiger partial charge on any atom is -0.490 e. The smallest absolute Gasteiger partial charge is 0.211 e. The summed E-state index contributed by atoms with van der Waals surface area (Å²) in [6.45, 7) is 2.47. The Labute approximate surface area is 162 Å². The first-order valence-corrected chi connectivity index (χ1v) is 10.6. The van der Waals surface area contributed by atoms with Gasteiger partial charge in [-0.25, -0.2) is 21.9 Å². The highest BCUT2D eigenvalue weighted by Crippen LogP contribution is 2.26. The summed E-state index contributed by atoms with van der Waals surface area (Å²) in [5.41, 5.74) is 0.954. The number of nitrogens with one attached hydrogen (secondary N) is 1. The Balaban J connectivity index is 1.67. The molecule has 2 heterocycles. The number of pyridine rings is 1. The Morgan fingerprint density at radius 2 is 2.11 bits per heavy atom. The molecule has 1 aromatic heterocycles. The molecule has 2 atom stereocenters. The van der Waals surface area contributed by atoms with Crippen molar-refractivity contribution in [3.8, 4) is 17.0 Å².